The number of nitrogens with zero attached hydrogens (tertiary/aromatic N) is 2. The summed E-state index contributed by atoms with van der Waals surface area (Å²) in [5.41, 5.74) is 20.2. The number of rotatable bonds is 3. The lowest BCUT2D eigenvalue weighted by molar-refractivity contribution is 0.339. The van der Waals surface area contributed by atoms with E-state index in [9.17, 15) is 0 Å². The lowest BCUT2D eigenvalue weighted by Gasteiger charge is -2.46. The van der Waals surface area contributed by atoms with Gasteiger partial charge in [0.15, 0.2) is 0 Å². The number of anilines is 6. The Bertz CT molecular complexity index is 2620. The largest absolute Gasteiger partial charge is 0.311 e. The molecule has 3 aliphatic rings. The van der Waals surface area contributed by atoms with Crippen LogP contribution in [-0.4, -0.2) is 6.71 Å². The first-order valence-corrected chi connectivity index (χ1v) is 22.8. The molecule has 4 heteroatoms. The molecule has 0 atom stereocenters. The molecule has 0 spiro atoms. The predicted octanol–water partition coefficient (Wildman–Crippen LogP) is 14.0. The van der Waals surface area contributed by atoms with Crippen LogP contribution in [-0.2, 0) is 27.1 Å². The Morgan fingerprint density at radius 3 is 1.71 bits per heavy atom. The fourth-order valence-electron chi connectivity index (χ4n) is 10.1. The minimum atomic E-state index is 0.00614. The molecule has 0 unspecified atom stereocenters. The molecule has 0 fully saturated rings. The van der Waals surface area contributed by atoms with Gasteiger partial charge in [-0.1, -0.05) is 151 Å². The molecule has 0 saturated carbocycles. The number of thiophene rings is 1. The maximum Gasteiger partial charge on any atom is 0.264 e. The highest BCUT2D eigenvalue weighted by Gasteiger charge is 2.51. The highest BCUT2D eigenvalue weighted by atomic mass is 32.1. The topological polar surface area (TPSA) is 6.48 Å². The first-order valence-electron chi connectivity index (χ1n) is 21.9. The standard InChI is InChI=1S/C55H63BN2S/c1-34-30-44-47-45(31-34)58(42-26-22-37(52(5,6)7)32-40(42)35-18-16-15-17-19-35)48-46-49(55(13,14)29-28-54(46,11)12)59-50(48)56(47)41-33-38(53(8,9)10)23-27-43(41)57(44)39-24-20-36(21-25-39)51(2,3)4/h15-27,30-33H,28-29H2,1-14H3. The first kappa shape index (κ1) is 39.9. The van der Waals surface area contributed by atoms with Crippen molar-refractivity contribution in [3.63, 3.8) is 0 Å². The van der Waals surface area contributed by atoms with Crippen LogP contribution < -0.4 is 25.5 Å². The molecule has 0 saturated heterocycles. The van der Waals surface area contributed by atoms with Gasteiger partial charge in [0.05, 0.1) is 11.4 Å². The fourth-order valence-corrected chi connectivity index (χ4v) is 11.8. The zero-order chi connectivity index (χ0) is 42.2. The molecule has 1 aliphatic carbocycles. The van der Waals surface area contributed by atoms with Crippen molar-refractivity contribution in [3.05, 3.63) is 136 Å². The van der Waals surface area contributed by atoms with Crippen molar-refractivity contribution in [1.82, 2.24) is 0 Å². The van der Waals surface area contributed by atoms with E-state index in [0.717, 1.165) is 6.42 Å². The third-order valence-corrected chi connectivity index (χ3v) is 15.3. The van der Waals surface area contributed by atoms with E-state index >= 15 is 0 Å². The van der Waals surface area contributed by atoms with E-state index < -0.39 is 0 Å². The zero-order valence-electron chi connectivity index (χ0n) is 38.1. The van der Waals surface area contributed by atoms with Crippen molar-refractivity contribution in [2.75, 3.05) is 9.80 Å². The van der Waals surface area contributed by atoms with Crippen molar-refractivity contribution < 1.29 is 0 Å². The van der Waals surface area contributed by atoms with Crippen LogP contribution in [0.4, 0.5) is 34.1 Å². The molecule has 0 amide bonds. The van der Waals surface area contributed by atoms with Crippen LogP contribution in [0.3, 0.4) is 0 Å². The Labute approximate surface area is 359 Å². The number of hydrogen-bond donors (Lipinski definition) is 0. The van der Waals surface area contributed by atoms with Gasteiger partial charge in [0.25, 0.3) is 6.71 Å². The van der Waals surface area contributed by atoms with Crippen molar-refractivity contribution >= 4 is 67.9 Å². The Morgan fingerprint density at radius 1 is 0.559 bits per heavy atom. The van der Waals surface area contributed by atoms with Gasteiger partial charge >= 0.3 is 0 Å². The number of fused-ring (bicyclic) bond motifs is 6. The average molecular weight is 795 g/mol. The van der Waals surface area contributed by atoms with Crippen LogP contribution in [0.15, 0.2) is 103 Å². The van der Waals surface area contributed by atoms with Crippen LogP contribution in [0.5, 0.6) is 0 Å². The van der Waals surface area contributed by atoms with Gasteiger partial charge < -0.3 is 9.80 Å². The molecule has 0 N–H and O–H groups in total. The summed E-state index contributed by atoms with van der Waals surface area (Å²) >= 11 is 2.12. The normalized spacial score (nSPS) is 16.7. The summed E-state index contributed by atoms with van der Waals surface area (Å²) < 4.78 is 1.49. The predicted molar refractivity (Wildman–Crippen MR) is 260 cm³/mol. The second kappa shape index (κ2) is 13.2. The summed E-state index contributed by atoms with van der Waals surface area (Å²) in [6.45, 7) is 33.4. The van der Waals surface area contributed by atoms with Gasteiger partial charge in [-0.15, -0.1) is 0 Å². The second-order valence-corrected chi connectivity index (χ2v) is 23.3. The molecular weight excluding hydrogens is 731 g/mol. The Morgan fingerprint density at radius 2 is 1.10 bits per heavy atom. The minimum Gasteiger partial charge on any atom is -0.311 e. The number of benzene rings is 5. The number of aryl methyl sites for hydroxylation is 1. The third-order valence-electron chi connectivity index (χ3n) is 13.7. The van der Waals surface area contributed by atoms with Gasteiger partial charge in [0, 0.05) is 38.0 Å². The Balaban J connectivity index is 1.43. The van der Waals surface area contributed by atoms with E-state index in [2.05, 4.69) is 221 Å². The third kappa shape index (κ3) is 6.42. The van der Waals surface area contributed by atoms with Crippen LogP contribution >= 0.6 is 11.3 Å². The van der Waals surface area contributed by atoms with E-state index in [1.54, 1.807) is 10.4 Å². The van der Waals surface area contributed by atoms with E-state index in [-0.39, 0.29) is 33.8 Å². The summed E-state index contributed by atoms with van der Waals surface area (Å²) in [5, 5.41) is 0. The van der Waals surface area contributed by atoms with Crippen LogP contribution in [0.1, 0.15) is 136 Å². The van der Waals surface area contributed by atoms with Crippen LogP contribution in [0.25, 0.3) is 11.1 Å². The lowest BCUT2D eigenvalue weighted by atomic mass is 9.35. The highest BCUT2D eigenvalue weighted by molar-refractivity contribution is 7.29. The summed E-state index contributed by atoms with van der Waals surface area (Å²) in [6.07, 6.45) is 2.35. The maximum absolute atomic E-state index is 2.74. The molecule has 2 aliphatic heterocycles. The Kier molecular flexibility index (Phi) is 8.95. The van der Waals surface area contributed by atoms with Gasteiger partial charge in [-0.2, -0.15) is 11.3 Å². The molecular formula is C55H63BN2S. The van der Waals surface area contributed by atoms with Gasteiger partial charge in [-0.3, -0.25) is 0 Å². The zero-order valence-corrected chi connectivity index (χ0v) is 38.9. The van der Waals surface area contributed by atoms with Crippen LogP contribution in [0, 0.1) is 6.92 Å². The Hall–Kier alpha value is -4.54. The fraction of sp³-hybridized carbons (Fsp3) is 0.382. The molecule has 0 bridgehead atoms. The molecule has 302 valence electrons. The summed E-state index contributed by atoms with van der Waals surface area (Å²) in [6, 6.07) is 40.2. The van der Waals surface area contributed by atoms with Gasteiger partial charge in [0.2, 0.25) is 0 Å². The monoisotopic (exact) mass is 794 g/mol. The van der Waals surface area contributed by atoms with Gasteiger partial charge in [-0.25, -0.2) is 0 Å². The SMILES string of the molecule is Cc1cc2c3c(c1)N(c1ccc(C(C)(C)C)cc1-c1ccccc1)c1c(sc4c1C(C)(C)CCC4(C)C)B3c1cc(C(C)(C)C)ccc1N2c1ccc(C(C)(C)C)cc1. The molecule has 0 radical (unpaired) electrons. The molecule has 2 nitrogen and oxygen atoms in total. The second-order valence-electron chi connectivity index (χ2n) is 22.3. The van der Waals surface area contributed by atoms with Crippen molar-refractivity contribution in [2.45, 2.75) is 137 Å². The van der Waals surface area contributed by atoms with Gasteiger partial charge in [0.1, 0.15) is 0 Å². The molecule has 3 heterocycles. The van der Waals surface area contributed by atoms with Crippen molar-refractivity contribution in [3.8, 4) is 11.1 Å². The molecule has 5 aromatic carbocycles. The van der Waals surface area contributed by atoms with E-state index in [4.69, 9.17) is 0 Å². The quantitative estimate of drug-likeness (QED) is 0.164. The minimum absolute atomic E-state index is 0.00614. The van der Waals surface area contributed by atoms with Gasteiger partial charge in [-0.05, 0) is 134 Å². The lowest BCUT2D eigenvalue weighted by Crippen LogP contribution is -2.61. The van der Waals surface area contributed by atoms with E-state index in [0.29, 0.717) is 0 Å². The average Bonchev–Trinajstić information content (AvgIpc) is 3.59. The highest BCUT2D eigenvalue weighted by Crippen LogP contribution is 2.57. The van der Waals surface area contributed by atoms with E-state index in [1.807, 2.05) is 0 Å². The first-order chi connectivity index (χ1) is 27.6. The van der Waals surface area contributed by atoms with Crippen molar-refractivity contribution in [1.29, 1.82) is 0 Å². The molecule has 9 rings (SSSR count). The summed E-state index contributed by atoms with van der Waals surface area (Å²) in [7, 11) is 0. The smallest absolute Gasteiger partial charge is 0.264 e. The molecule has 1 aromatic heterocycles. The van der Waals surface area contributed by atoms with Crippen molar-refractivity contribution in [2.24, 2.45) is 0 Å². The maximum atomic E-state index is 2.74. The van der Waals surface area contributed by atoms with E-state index in [1.165, 1.54) is 89.6 Å². The molecule has 6 aromatic rings. The van der Waals surface area contributed by atoms with Crippen LogP contribution in [0.2, 0.25) is 0 Å². The number of hydrogen-bond acceptors (Lipinski definition) is 3. The summed E-state index contributed by atoms with van der Waals surface area (Å²) in [4.78, 5) is 6.89. The summed E-state index contributed by atoms with van der Waals surface area (Å²) in [5.74, 6) is 0. The molecule has 59 heavy (non-hydrogen) atoms.